The van der Waals surface area contributed by atoms with Gasteiger partial charge in [0.05, 0.1) is 24.6 Å². The molecule has 0 bridgehead atoms. The Balaban J connectivity index is 1.64. The molecule has 5 heteroatoms. The molecule has 0 aromatic heterocycles. The molecule has 0 heterocycles. The van der Waals surface area contributed by atoms with Gasteiger partial charge in [-0.15, -0.1) is 0 Å². The highest BCUT2D eigenvalue weighted by atomic mass is 16.5. The van der Waals surface area contributed by atoms with Crippen LogP contribution in [-0.4, -0.2) is 18.9 Å². The zero-order chi connectivity index (χ0) is 19.6. The molecule has 3 rings (SSSR count). The summed E-state index contributed by atoms with van der Waals surface area (Å²) in [7, 11) is 1.56. The molecule has 1 aliphatic carbocycles. The number of benzene rings is 2. The van der Waals surface area contributed by atoms with Crippen molar-refractivity contribution in [3.63, 3.8) is 0 Å². The molecule has 0 radical (unpaired) electrons. The normalized spacial score (nSPS) is 18.5. The Morgan fingerprint density at radius 1 is 0.889 bits per heavy atom. The zero-order valence-corrected chi connectivity index (χ0v) is 16.2. The lowest BCUT2D eigenvalue weighted by Gasteiger charge is -2.23. The van der Waals surface area contributed by atoms with Crippen LogP contribution in [0.1, 0.15) is 32.8 Å². The summed E-state index contributed by atoms with van der Waals surface area (Å²) in [6, 6.07) is 15.1. The number of hydrogen-bond donors (Lipinski definition) is 2. The first kappa shape index (κ1) is 19.0. The molecule has 5 nitrogen and oxygen atoms in total. The van der Waals surface area contributed by atoms with E-state index in [2.05, 4.69) is 31.4 Å². The summed E-state index contributed by atoms with van der Waals surface area (Å²) in [5, 5.41) is 5.87. The van der Waals surface area contributed by atoms with Crippen molar-refractivity contribution in [2.24, 2.45) is 11.8 Å². The summed E-state index contributed by atoms with van der Waals surface area (Å²) >= 11 is 0. The third kappa shape index (κ3) is 4.30. The number of rotatable bonds is 5. The molecule has 0 saturated heterocycles. The van der Waals surface area contributed by atoms with Gasteiger partial charge in [0.1, 0.15) is 5.75 Å². The van der Waals surface area contributed by atoms with Gasteiger partial charge in [0, 0.05) is 5.69 Å². The first-order valence-corrected chi connectivity index (χ1v) is 9.15. The van der Waals surface area contributed by atoms with Crippen LogP contribution >= 0.6 is 0 Å². The maximum absolute atomic E-state index is 12.6. The van der Waals surface area contributed by atoms with Crippen LogP contribution in [0.2, 0.25) is 0 Å². The first-order chi connectivity index (χ1) is 12.8. The number of carbonyl (C=O) groups is 2. The fourth-order valence-electron chi connectivity index (χ4n) is 3.22. The van der Waals surface area contributed by atoms with Gasteiger partial charge in [-0.2, -0.15) is 0 Å². The third-order valence-corrected chi connectivity index (χ3v) is 4.82. The summed E-state index contributed by atoms with van der Waals surface area (Å²) in [5.41, 5.74) is 2.43. The van der Waals surface area contributed by atoms with E-state index in [1.54, 1.807) is 19.2 Å². The Morgan fingerprint density at radius 3 is 2.00 bits per heavy atom. The molecule has 2 amide bonds. The number of nitrogens with one attached hydrogen (secondary N) is 2. The molecule has 1 saturated carbocycles. The number of hydrogen-bond acceptors (Lipinski definition) is 3. The second-order valence-corrected chi connectivity index (χ2v) is 7.92. The number of carbonyl (C=O) groups excluding carboxylic acids is 2. The van der Waals surface area contributed by atoms with Crippen LogP contribution < -0.4 is 15.4 Å². The van der Waals surface area contributed by atoms with Gasteiger partial charge in [-0.1, -0.05) is 51.1 Å². The van der Waals surface area contributed by atoms with Crippen molar-refractivity contribution in [1.82, 2.24) is 0 Å². The highest BCUT2D eigenvalue weighted by Crippen LogP contribution is 2.41. The van der Waals surface area contributed by atoms with Crippen LogP contribution in [0, 0.1) is 11.8 Å². The number of amides is 2. The average Bonchev–Trinajstić information content (AvgIpc) is 3.43. The summed E-state index contributed by atoms with van der Waals surface area (Å²) in [6.45, 7) is 6.33. The van der Waals surface area contributed by atoms with E-state index in [0.29, 0.717) is 17.9 Å². The highest BCUT2D eigenvalue weighted by molar-refractivity contribution is 6.04. The average molecular weight is 366 g/mol. The lowest BCUT2D eigenvalue weighted by molar-refractivity contribution is -0.122. The van der Waals surface area contributed by atoms with Gasteiger partial charge < -0.3 is 15.4 Å². The zero-order valence-electron chi connectivity index (χ0n) is 16.2. The van der Waals surface area contributed by atoms with Gasteiger partial charge in [-0.05, 0) is 35.6 Å². The Labute approximate surface area is 160 Å². The van der Waals surface area contributed by atoms with Crippen molar-refractivity contribution >= 4 is 23.2 Å². The minimum Gasteiger partial charge on any atom is -0.495 e. The predicted octanol–water partition coefficient (Wildman–Crippen LogP) is 4.21. The standard InChI is InChI=1S/C22H26N2O3/c1-22(2,3)16-9-5-6-10-17(16)23-20(25)14-13-15(14)21(26)24-18-11-7-8-12-19(18)27-4/h5-12,14-15H,13H2,1-4H3,(H,23,25)(H,24,26). The van der Waals surface area contributed by atoms with Gasteiger partial charge in [0.25, 0.3) is 0 Å². The summed E-state index contributed by atoms with van der Waals surface area (Å²) in [4.78, 5) is 25.1. The molecule has 0 spiro atoms. The van der Waals surface area contributed by atoms with Crippen molar-refractivity contribution < 1.29 is 14.3 Å². The maximum atomic E-state index is 12.6. The molecule has 2 aromatic carbocycles. The Kier molecular flexibility index (Phi) is 5.22. The van der Waals surface area contributed by atoms with E-state index >= 15 is 0 Å². The monoisotopic (exact) mass is 366 g/mol. The Hall–Kier alpha value is -2.82. The topological polar surface area (TPSA) is 67.4 Å². The van der Waals surface area contributed by atoms with Crippen molar-refractivity contribution in [2.45, 2.75) is 32.6 Å². The van der Waals surface area contributed by atoms with Gasteiger partial charge in [-0.25, -0.2) is 0 Å². The number of para-hydroxylation sites is 3. The molecule has 2 aromatic rings. The lowest BCUT2D eigenvalue weighted by atomic mass is 9.86. The number of ether oxygens (including phenoxy) is 1. The van der Waals surface area contributed by atoms with E-state index in [-0.39, 0.29) is 29.1 Å². The Morgan fingerprint density at radius 2 is 1.41 bits per heavy atom. The van der Waals surface area contributed by atoms with Crippen LogP contribution in [0.15, 0.2) is 48.5 Å². The summed E-state index contributed by atoms with van der Waals surface area (Å²) < 4.78 is 5.25. The van der Waals surface area contributed by atoms with E-state index in [9.17, 15) is 9.59 Å². The van der Waals surface area contributed by atoms with E-state index in [4.69, 9.17) is 4.74 Å². The molecule has 0 aliphatic heterocycles. The maximum Gasteiger partial charge on any atom is 0.228 e. The molecular weight excluding hydrogens is 340 g/mol. The van der Waals surface area contributed by atoms with Crippen LogP contribution in [0.4, 0.5) is 11.4 Å². The summed E-state index contributed by atoms with van der Waals surface area (Å²) in [5.74, 6) is -0.258. The predicted molar refractivity (Wildman–Crippen MR) is 107 cm³/mol. The molecule has 2 N–H and O–H groups in total. The van der Waals surface area contributed by atoms with Crippen LogP contribution in [0.25, 0.3) is 0 Å². The van der Waals surface area contributed by atoms with E-state index in [1.807, 2.05) is 36.4 Å². The van der Waals surface area contributed by atoms with Crippen molar-refractivity contribution in [3.8, 4) is 5.75 Å². The van der Waals surface area contributed by atoms with E-state index < -0.39 is 0 Å². The van der Waals surface area contributed by atoms with Gasteiger partial charge in [0.15, 0.2) is 0 Å². The molecule has 2 atom stereocenters. The second kappa shape index (κ2) is 7.43. The van der Waals surface area contributed by atoms with Gasteiger partial charge in [-0.3, -0.25) is 9.59 Å². The molecule has 1 aliphatic rings. The van der Waals surface area contributed by atoms with Crippen molar-refractivity contribution in [1.29, 1.82) is 0 Å². The Bertz CT molecular complexity index is 855. The number of methoxy groups -OCH3 is 1. The molecule has 1 fully saturated rings. The van der Waals surface area contributed by atoms with Gasteiger partial charge in [0.2, 0.25) is 11.8 Å². The van der Waals surface area contributed by atoms with Crippen LogP contribution in [0.3, 0.4) is 0 Å². The van der Waals surface area contributed by atoms with Crippen molar-refractivity contribution in [2.75, 3.05) is 17.7 Å². The van der Waals surface area contributed by atoms with Crippen molar-refractivity contribution in [3.05, 3.63) is 54.1 Å². The lowest BCUT2D eigenvalue weighted by Crippen LogP contribution is -2.22. The van der Waals surface area contributed by atoms with E-state index in [1.165, 1.54) is 0 Å². The smallest absolute Gasteiger partial charge is 0.228 e. The largest absolute Gasteiger partial charge is 0.495 e. The quantitative estimate of drug-likeness (QED) is 0.833. The molecular formula is C22H26N2O3. The van der Waals surface area contributed by atoms with Crippen LogP contribution in [0.5, 0.6) is 5.75 Å². The summed E-state index contributed by atoms with van der Waals surface area (Å²) in [6.07, 6.45) is 0.560. The second-order valence-electron chi connectivity index (χ2n) is 7.92. The van der Waals surface area contributed by atoms with Gasteiger partial charge >= 0.3 is 0 Å². The third-order valence-electron chi connectivity index (χ3n) is 4.82. The molecule has 142 valence electrons. The highest BCUT2D eigenvalue weighted by Gasteiger charge is 2.48. The van der Waals surface area contributed by atoms with Crippen LogP contribution in [-0.2, 0) is 15.0 Å². The number of anilines is 2. The minimum absolute atomic E-state index is 0.0753. The molecule has 2 unspecified atom stereocenters. The van der Waals surface area contributed by atoms with E-state index in [0.717, 1.165) is 11.3 Å². The first-order valence-electron chi connectivity index (χ1n) is 9.15. The SMILES string of the molecule is COc1ccccc1NC(=O)C1CC1C(=O)Nc1ccccc1C(C)(C)C. The fourth-order valence-corrected chi connectivity index (χ4v) is 3.22. The molecule has 27 heavy (non-hydrogen) atoms. The minimum atomic E-state index is -0.309. The fraction of sp³-hybridized carbons (Fsp3) is 0.364.